The van der Waals surface area contributed by atoms with Gasteiger partial charge in [-0.05, 0) is 46.8 Å². The van der Waals surface area contributed by atoms with Crippen LogP contribution in [0.2, 0.25) is 0 Å². The lowest BCUT2D eigenvalue weighted by molar-refractivity contribution is -0.0574. The van der Waals surface area contributed by atoms with Gasteiger partial charge in [-0.3, -0.25) is 4.79 Å². The van der Waals surface area contributed by atoms with Gasteiger partial charge in [-0.25, -0.2) is 9.59 Å². The molecule has 3 rings (SSSR count). The van der Waals surface area contributed by atoms with Gasteiger partial charge in [0.1, 0.15) is 5.75 Å². The summed E-state index contributed by atoms with van der Waals surface area (Å²) in [5.41, 5.74) is 1.44. The van der Waals surface area contributed by atoms with Crippen molar-refractivity contribution >= 4 is 18.0 Å². The molecule has 2 amide bonds. The first-order chi connectivity index (χ1) is 12.7. The molecule has 8 nitrogen and oxygen atoms in total. The first-order valence-electron chi connectivity index (χ1n) is 8.72. The number of carbonyl (C=O) groups is 3. The van der Waals surface area contributed by atoms with Gasteiger partial charge in [0.2, 0.25) is 6.23 Å². The van der Waals surface area contributed by atoms with Crippen LogP contribution in [-0.4, -0.2) is 46.4 Å². The van der Waals surface area contributed by atoms with Gasteiger partial charge in [-0.2, -0.15) is 10.0 Å². The number of rotatable bonds is 2. The number of hydrogen-bond acceptors (Lipinski definition) is 6. The van der Waals surface area contributed by atoms with Crippen molar-refractivity contribution in [3.63, 3.8) is 0 Å². The largest absolute Gasteiger partial charge is 0.463 e. The Morgan fingerprint density at radius 1 is 1.07 bits per heavy atom. The molecule has 2 aliphatic rings. The molecular formula is C19H22N2O6. The first-order valence-corrected chi connectivity index (χ1v) is 8.72. The van der Waals surface area contributed by atoms with Crippen LogP contribution in [0.5, 0.6) is 5.75 Å². The van der Waals surface area contributed by atoms with Gasteiger partial charge in [0, 0.05) is 6.20 Å². The van der Waals surface area contributed by atoms with Crippen molar-refractivity contribution in [2.75, 3.05) is 0 Å². The lowest BCUT2D eigenvalue weighted by atomic mass is 9.98. The van der Waals surface area contributed by atoms with Crippen molar-refractivity contribution < 1.29 is 28.6 Å². The van der Waals surface area contributed by atoms with Crippen LogP contribution >= 0.6 is 0 Å². The van der Waals surface area contributed by atoms with E-state index in [1.165, 1.54) is 6.20 Å². The van der Waals surface area contributed by atoms with E-state index in [0.717, 1.165) is 15.6 Å². The van der Waals surface area contributed by atoms with Gasteiger partial charge in [0.15, 0.2) is 5.78 Å². The quantitative estimate of drug-likeness (QED) is 0.789. The highest BCUT2D eigenvalue weighted by molar-refractivity contribution is 6.13. The molecule has 0 aliphatic carbocycles. The Kier molecular flexibility index (Phi) is 4.82. The molecule has 144 valence electrons. The lowest BCUT2D eigenvalue weighted by Gasteiger charge is -2.33. The molecule has 0 aromatic heterocycles. The molecule has 0 saturated heterocycles. The molecule has 0 spiro atoms. The van der Waals surface area contributed by atoms with Crippen LogP contribution in [0.25, 0.3) is 0 Å². The summed E-state index contributed by atoms with van der Waals surface area (Å²) < 4.78 is 16.3. The number of ketones is 1. The van der Waals surface area contributed by atoms with E-state index in [9.17, 15) is 14.4 Å². The second kappa shape index (κ2) is 6.94. The minimum Gasteiger partial charge on any atom is -0.463 e. The molecule has 2 aliphatic heterocycles. The topological polar surface area (TPSA) is 85.4 Å². The van der Waals surface area contributed by atoms with Gasteiger partial charge < -0.3 is 14.2 Å². The maximum Gasteiger partial charge on any atom is 0.433 e. The zero-order valence-electron chi connectivity index (χ0n) is 15.9. The molecule has 1 unspecified atom stereocenters. The number of fused-ring (bicyclic) bond motifs is 2. The van der Waals surface area contributed by atoms with Crippen LogP contribution in [0.15, 0.2) is 30.0 Å². The molecule has 1 aromatic rings. The van der Waals surface area contributed by atoms with Crippen molar-refractivity contribution in [2.24, 2.45) is 0 Å². The molecule has 8 heteroatoms. The van der Waals surface area contributed by atoms with Gasteiger partial charge in [0.05, 0.1) is 23.3 Å². The molecule has 27 heavy (non-hydrogen) atoms. The number of benzene rings is 1. The van der Waals surface area contributed by atoms with E-state index >= 15 is 0 Å². The molecular weight excluding hydrogens is 352 g/mol. The third-order valence-electron chi connectivity index (χ3n) is 3.91. The van der Waals surface area contributed by atoms with E-state index in [1.54, 1.807) is 45.9 Å². The highest BCUT2D eigenvalue weighted by Gasteiger charge is 2.48. The maximum atomic E-state index is 12.9. The third kappa shape index (κ3) is 3.47. The number of aryl methyl sites for hydroxylation is 1. The monoisotopic (exact) mass is 374 g/mol. The summed E-state index contributed by atoms with van der Waals surface area (Å²) in [5.74, 6) is 0.0290. The molecule has 0 radical (unpaired) electrons. The van der Waals surface area contributed by atoms with Crippen molar-refractivity contribution in [3.8, 4) is 5.75 Å². The number of ether oxygens (including phenoxy) is 3. The summed E-state index contributed by atoms with van der Waals surface area (Å²) in [6, 6.07) is 5.18. The van der Waals surface area contributed by atoms with Gasteiger partial charge in [0.25, 0.3) is 0 Å². The Bertz CT molecular complexity index is 829. The molecule has 0 fully saturated rings. The van der Waals surface area contributed by atoms with Crippen LogP contribution in [0.3, 0.4) is 0 Å². The second-order valence-electron chi connectivity index (χ2n) is 6.94. The van der Waals surface area contributed by atoms with E-state index in [1.807, 2.05) is 6.92 Å². The van der Waals surface area contributed by atoms with E-state index < -0.39 is 30.6 Å². The zero-order valence-corrected chi connectivity index (χ0v) is 15.9. The number of hydrazine groups is 1. The maximum absolute atomic E-state index is 12.9. The molecule has 0 bridgehead atoms. The van der Waals surface area contributed by atoms with Gasteiger partial charge >= 0.3 is 12.2 Å². The van der Waals surface area contributed by atoms with Crippen LogP contribution in [-0.2, 0) is 9.47 Å². The van der Waals surface area contributed by atoms with Crippen molar-refractivity contribution in [1.82, 2.24) is 10.0 Å². The molecule has 1 aromatic carbocycles. The summed E-state index contributed by atoms with van der Waals surface area (Å²) in [7, 11) is 0. The van der Waals surface area contributed by atoms with Crippen molar-refractivity contribution in [3.05, 3.63) is 41.1 Å². The highest BCUT2D eigenvalue weighted by atomic mass is 16.6. The Morgan fingerprint density at radius 2 is 1.70 bits per heavy atom. The van der Waals surface area contributed by atoms with Crippen LogP contribution in [0.1, 0.15) is 43.6 Å². The average Bonchev–Trinajstić information content (AvgIpc) is 2.94. The standard InChI is InChI=1S/C19H22N2O6/c1-10(2)25-18(23)20-9-14-16(22)13-8-12(5)6-7-15(13)27-17(14)21(20)19(24)26-11(3)4/h6-11,17H,1-5H3. The van der Waals surface area contributed by atoms with E-state index in [0.29, 0.717) is 11.3 Å². The number of hydrogen-bond donors (Lipinski definition) is 0. The van der Waals surface area contributed by atoms with E-state index in [4.69, 9.17) is 14.2 Å². The van der Waals surface area contributed by atoms with Crippen LogP contribution < -0.4 is 4.74 Å². The summed E-state index contributed by atoms with van der Waals surface area (Å²) >= 11 is 0. The third-order valence-corrected chi connectivity index (χ3v) is 3.91. The van der Waals surface area contributed by atoms with Crippen LogP contribution in [0, 0.1) is 6.92 Å². The van der Waals surface area contributed by atoms with Gasteiger partial charge in [-0.15, -0.1) is 0 Å². The number of amides is 2. The molecule has 0 N–H and O–H groups in total. The van der Waals surface area contributed by atoms with E-state index in [-0.39, 0.29) is 11.4 Å². The fourth-order valence-corrected chi connectivity index (χ4v) is 2.82. The summed E-state index contributed by atoms with van der Waals surface area (Å²) in [5, 5.41) is 1.89. The first kappa shape index (κ1) is 18.8. The highest BCUT2D eigenvalue weighted by Crippen LogP contribution is 2.37. The van der Waals surface area contributed by atoms with E-state index in [2.05, 4.69) is 0 Å². The zero-order chi connectivity index (χ0) is 19.9. The van der Waals surface area contributed by atoms with Gasteiger partial charge in [-0.1, -0.05) is 11.6 Å². The predicted molar refractivity (Wildman–Crippen MR) is 94.9 cm³/mol. The minimum absolute atomic E-state index is 0.162. The number of nitrogens with zero attached hydrogens (tertiary/aromatic N) is 2. The molecule has 2 heterocycles. The van der Waals surface area contributed by atoms with Crippen molar-refractivity contribution in [2.45, 2.75) is 53.1 Å². The second-order valence-corrected chi connectivity index (χ2v) is 6.94. The normalized spacial score (nSPS) is 18.1. The number of carbonyl (C=O) groups excluding carboxylic acids is 3. The Morgan fingerprint density at radius 3 is 2.33 bits per heavy atom. The smallest absolute Gasteiger partial charge is 0.433 e. The lowest BCUT2D eigenvalue weighted by Crippen LogP contribution is -2.52. The fraction of sp³-hybridized carbons (Fsp3) is 0.421. The fourth-order valence-electron chi connectivity index (χ4n) is 2.82. The number of Topliss-reactive ketones (excluding diaryl/α,β-unsaturated/α-hetero) is 1. The summed E-state index contributed by atoms with van der Waals surface area (Å²) in [6.45, 7) is 8.60. The average molecular weight is 374 g/mol. The minimum atomic E-state index is -1.10. The van der Waals surface area contributed by atoms with Crippen molar-refractivity contribution in [1.29, 1.82) is 0 Å². The Balaban J connectivity index is 2.01. The summed E-state index contributed by atoms with van der Waals surface area (Å²) in [6.07, 6.45) is -2.27. The van der Waals surface area contributed by atoms with Crippen LogP contribution in [0.4, 0.5) is 9.59 Å². The molecule has 0 saturated carbocycles. The SMILES string of the molecule is Cc1ccc2c(c1)C(=O)C1=CN(C(=O)OC(C)C)N(C(=O)OC(C)C)C1O2. The predicted octanol–water partition coefficient (Wildman–Crippen LogP) is 3.40. The summed E-state index contributed by atoms with van der Waals surface area (Å²) in [4.78, 5) is 38.0. The Labute approximate surface area is 157 Å². The molecule has 1 atom stereocenters. The Hall–Kier alpha value is -3.03.